The lowest BCUT2D eigenvalue weighted by molar-refractivity contribution is -0.108. The minimum absolute atomic E-state index is 0.242. The molecular weight excluding hydrogens is 490 g/mol. The second kappa shape index (κ2) is 19.3. The summed E-state index contributed by atoms with van der Waals surface area (Å²) in [4.78, 5) is 40.5. The first-order chi connectivity index (χ1) is 18.9. The highest BCUT2D eigenvalue weighted by Gasteiger charge is 2.07. The average Bonchev–Trinajstić information content (AvgIpc) is 2.96. The Balaban J connectivity index is 0.000000379. The smallest absolute Gasteiger partial charge is 0.328 e. The number of nitrogens with zero attached hydrogens (tertiary/aromatic N) is 2. The van der Waals surface area contributed by atoms with Crippen LogP contribution < -0.4 is 21.9 Å². The Hall–Kier alpha value is -3.78. The van der Waals surface area contributed by atoms with Crippen LogP contribution in [0.4, 0.5) is 5.69 Å². The molecule has 8 nitrogen and oxygen atoms in total. The van der Waals surface area contributed by atoms with Crippen molar-refractivity contribution in [2.45, 2.75) is 66.3 Å². The molecule has 0 bridgehead atoms. The summed E-state index contributed by atoms with van der Waals surface area (Å²) in [7, 11) is 1.97. The fourth-order valence-electron chi connectivity index (χ4n) is 3.84. The topological polar surface area (TPSA) is 109 Å². The van der Waals surface area contributed by atoms with Crippen molar-refractivity contribution in [1.82, 2.24) is 19.9 Å². The lowest BCUT2D eigenvalue weighted by Gasteiger charge is -2.12. The highest BCUT2D eigenvalue weighted by molar-refractivity contribution is 5.56. The van der Waals surface area contributed by atoms with Crippen LogP contribution in [0.5, 0.6) is 0 Å². The van der Waals surface area contributed by atoms with Gasteiger partial charge in [0, 0.05) is 31.7 Å². The maximum Gasteiger partial charge on any atom is 0.328 e. The van der Waals surface area contributed by atoms with E-state index in [9.17, 15) is 14.4 Å². The van der Waals surface area contributed by atoms with Crippen LogP contribution in [0.15, 0.2) is 70.2 Å². The molecule has 3 N–H and O–H groups in total. The number of nitrogens with one attached hydrogen (secondary N) is 3. The summed E-state index contributed by atoms with van der Waals surface area (Å²) in [5.74, 6) is 0.594. The number of carbonyl (C=O) groups is 1. The maximum absolute atomic E-state index is 12.0. The minimum atomic E-state index is -0.582. The molecule has 8 heteroatoms. The van der Waals surface area contributed by atoms with E-state index < -0.39 is 11.2 Å². The molecular formula is C31H45N5O3. The summed E-state index contributed by atoms with van der Waals surface area (Å²) < 4.78 is 0.868. The van der Waals surface area contributed by atoms with Gasteiger partial charge in [-0.3, -0.25) is 14.3 Å². The van der Waals surface area contributed by atoms with E-state index in [1.165, 1.54) is 28.5 Å². The molecule has 3 aromatic rings. The summed E-state index contributed by atoms with van der Waals surface area (Å²) in [5.41, 5.74) is 4.45. The molecule has 0 aliphatic rings. The number of likely N-dealkylation sites (N-methyl/N-ethyl adjacent to an activating group) is 1. The summed E-state index contributed by atoms with van der Waals surface area (Å²) in [5, 5.41) is 6.15. The highest BCUT2D eigenvalue weighted by atomic mass is 16.2. The molecule has 0 aliphatic carbocycles. The molecule has 0 saturated carbocycles. The molecule has 0 aliphatic heterocycles. The number of benzene rings is 1. The van der Waals surface area contributed by atoms with Gasteiger partial charge in [-0.2, -0.15) is 0 Å². The van der Waals surface area contributed by atoms with E-state index in [2.05, 4.69) is 65.6 Å². The number of pyridine rings is 1. The Kier molecular flexibility index (Phi) is 16.5. The van der Waals surface area contributed by atoms with Crippen LogP contribution in [0, 0.1) is 0 Å². The third kappa shape index (κ3) is 11.7. The van der Waals surface area contributed by atoms with E-state index in [-0.39, 0.29) is 6.54 Å². The van der Waals surface area contributed by atoms with E-state index in [0.717, 1.165) is 30.4 Å². The number of rotatable bonds is 12. The predicted octanol–water partition coefficient (Wildman–Crippen LogP) is 5.02. The van der Waals surface area contributed by atoms with Gasteiger partial charge < -0.3 is 20.4 Å². The number of anilines is 1. The van der Waals surface area contributed by atoms with Crippen LogP contribution in [0.3, 0.4) is 0 Å². The molecule has 1 aromatic carbocycles. The second-order valence-corrected chi connectivity index (χ2v) is 8.94. The van der Waals surface area contributed by atoms with E-state index in [1.54, 1.807) is 0 Å². The van der Waals surface area contributed by atoms with Gasteiger partial charge in [0.1, 0.15) is 12.0 Å². The number of carbonyl (C=O) groups excluding carboxylic acids is 1. The standard InChI is InChI=1S/C15H17N3O3.C14H22N2.C2H6/c19-10-9-18-14(20)13(11-17-15(18)21)16-8-4-7-12-5-2-1-3-6-12;1-5-12(3)14-6-7-16-10-13(14)8-11(2)9-15-4;1-2/h1-3,5-6,10-11,16H,4,7-9H2,(H,17,21);6-8,10,12,15H,5,9H2,1-4H3;1-2H3/b;11-8+;. The highest BCUT2D eigenvalue weighted by Crippen LogP contribution is 2.23. The van der Waals surface area contributed by atoms with E-state index in [0.29, 0.717) is 24.4 Å². The van der Waals surface area contributed by atoms with Crippen LogP contribution >= 0.6 is 0 Å². The lowest BCUT2D eigenvalue weighted by Crippen LogP contribution is -2.36. The maximum atomic E-state index is 12.0. The fraction of sp³-hybridized carbons (Fsp3) is 0.419. The van der Waals surface area contributed by atoms with Crippen molar-refractivity contribution in [1.29, 1.82) is 0 Å². The van der Waals surface area contributed by atoms with E-state index in [4.69, 9.17) is 0 Å². The summed E-state index contributed by atoms with van der Waals surface area (Å²) >= 11 is 0. The summed E-state index contributed by atoms with van der Waals surface area (Å²) in [6, 6.07) is 12.2. The first-order valence-electron chi connectivity index (χ1n) is 13.7. The molecule has 0 fully saturated rings. The molecule has 2 heterocycles. The minimum Gasteiger partial charge on any atom is -0.379 e. The van der Waals surface area contributed by atoms with Crippen LogP contribution in [-0.2, 0) is 17.8 Å². The van der Waals surface area contributed by atoms with Crippen LogP contribution in [0.25, 0.3) is 6.08 Å². The Labute approximate surface area is 232 Å². The number of aromatic nitrogens is 3. The van der Waals surface area contributed by atoms with Crippen molar-refractivity contribution in [3.8, 4) is 0 Å². The van der Waals surface area contributed by atoms with Crippen molar-refractivity contribution >= 4 is 18.0 Å². The number of hydrogen-bond acceptors (Lipinski definition) is 6. The van der Waals surface area contributed by atoms with Gasteiger partial charge in [-0.15, -0.1) is 0 Å². The van der Waals surface area contributed by atoms with Gasteiger partial charge in [0.15, 0.2) is 0 Å². The molecule has 3 rings (SSSR count). The van der Waals surface area contributed by atoms with E-state index in [1.807, 2.05) is 51.5 Å². The van der Waals surface area contributed by atoms with Gasteiger partial charge in [0.05, 0.1) is 6.54 Å². The Morgan fingerprint density at radius 3 is 2.51 bits per heavy atom. The molecule has 0 radical (unpaired) electrons. The van der Waals surface area contributed by atoms with Crippen molar-refractivity contribution in [2.75, 3.05) is 25.5 Å². The Morgan fingerprint density at radius 1 is 1.15 bits per heavy atom. The fourth-order valence-corrected chi connectivity index (χ4v) is 3.84. The molecule has 0 spiro atoms. The first kappa shape index (κ1) is 33.2. The predicted molar refractivity (Wildman–Crippen MR) is 163 cm³/mol. The molecule has 1 atom stereocenters. The number of aromatic amines is 1. The Morgan fingerprint density at radius 2 is 1.87 bits per heavy atom. The first-order valence-corrected chi connectivity index (χ1v) is 13.7. The third-order valence-electron chi connectivity index (χ3n) is 6.01. The zero-order valence-electron chi connectivity index (χ0n) is 24.3. The summed E-state index contributed by atoms with van der Waals surface area (Å²) in [6.07, 6.45) is 10.9. The van der Waals surface area contributed by atoms with Crippen LogP contribution in [0.1, 0.15) is 70.1 Å². The molecule has 0 amide bonds. The number of aryl methyl sites for hydroxylation is 1. The average molecular weight is 536 g/mol. The molecule has 2 aromatic heterocycles. The molecule has 0 saturated heterocycles. The SMILES string of the molecule is CC.CCC(C)c1ccncc1/C=C(\C)CNC.O=CCn1c(=O)[nH]cc(NCCCc2ccccc2)c1=O. The quantitative estimate of drug-likeness (QED) is 0.222. The Bertz CT molecular complexity index is 1250. The van der Waals surface area contributed by atoms with Gasteiger partial charge in [-0.1, -0.05) is 69.7 Å². The van der Waals surface area contributed by atoms with Crippen molar-refractivity contribution < 1.29 is 4.79 Å². The molecule has 1 unspecified atom stereocenters. The number of H-pyrrole nitrogens is 1. The number of hydrogen-bond donors (Lipinski definition) is 3. The molecule has 39 heavy (non-hydrogen) atoms. The van der Waals surface area contributed by atoms with Gasteiger partial charge in [-0.05, 0) is 61.9 Å². The van der Waals surface area contributed by atoms with Crippen molar-refractivity contribution in [3.63, 3.8) is 0 Å². The van der Waals surface area contributed by atoms with Gasteiger partial charge in [0.25, 0.3) is 5.56 Å². The van der Waals surface area contributed by atoms with Crippen LogP contribution in [-0.4, -0.2) is 41.0 Å². The van der Waals surface area contributed by atoms with Crippen molar-refractivity contribution in [2.24, 2.45) is 0 Å². The third-order valence-corrected chi connectivity index (χ3v) is 6.01. The van der Waals surface area contributed by atoms with Crippen molar-refractivity contribution in [3.05, 3.63) is 98.1 Å². The van der Waals surface area contributed by atoms with E-state index >= 15 is 0 Å². The zero-order chi connectivity index (χ0) is 29.0. The number of aldehydes is 1. The zero-order valence-corrected chi connectivity index (χ0v) is 24.3. The second-order valence-electron chi connectivity index (χ2n) is 8.94. The summed E-state index contributed by atoms with van der Waals surface area (Å²) in [6.45, 7) is 11.9. The lowest BCUT2D eigenvalue weighted by atomic mass is 9.94. The monoisotopic (exact) mass is 535 g/mol. The molecule has 212 valence electrons. The van der Waals surface area contributed by atoms with Gasteiger partial charge >= 0.3 is 5.69 Å². The van der Waals surface area contributed by atoms with Crippen LogP contribution in [0.2, 0.25) is 0 Å². The van der Waals surface area contributed by atoms with Gasteiger partial charge in [0.2, 0.25) is 0 Å². The van der Waals surface area contributed by atoms with Gasteiger partial charge in [-0.25, -0.2) is 4.79 Å². The normalized spacial score (nSPS) is 11.4. The largest absolute Gasteiger partial charge is 0.379 e.